The van der Waals surface area contributed by atoms with E-state index in [1.165, 1.54) is 0 Å². The molecule has 0 aliphatic heterocycles. The molecule has 0 spiro atoms. The summed E-state index contributed by atoms with van der Waals surface area (Å²) in [6.45, 7) is 1.93. The van der Waals surface area contributed by atoms with Gasteiger partial charge in [0.2, 0.25) is 5.95 Å². The van der Waals surface area contributed by atoms with Gasteiger partial charge in [0.25, 0.3) is 5.91 Å². The summed E-state index contributed by atoms with van der Waals surface area (Å²) >= 11 is 0. The molecule has 2 aromatic carbocycles. The highest BCUT2D eigenvalue weighted by molar-refractivity contribution is 6.04. The Morgan fingerprint density at radius 1 is 0.828 bits per heavy atom. The van der Waals surface area contributed by atoms with Crippen molar-refractivity contribution in [2.24, 2.45) is 0 Å². The Bertz CT molecular complexity index is 981. The van der Waals surface area contributed by atoms with Gasteiger partial charge < -0.3 is 20.4 Å². The highest BCUT2D eigenvalue weighted by atomic mass is 16.1. The fourth-order valence-corrected chi connectivity index (χ4v) is 2.72. The molecule has 0 radical (unpaired) electrons. The van der Waals surface area contributed by atoms with Crippen LogP contribution in [-0.2, 0) is 0 Å². The minimum absolute atomic E-state index is 0.145. The van der Waals surface area contributed by atoms with Crippen molar-refractivity contribution in [1.29, 1.82) is 0 Å². The number of benzene rings is 2. The topological polar surface area (TPSA) is 73.4 Å². The van der Waals surface area contributed by atoms with Crippen molar-refractivity contribution in [3.63, 3.8) is 0 Å². The molecule has 1 amide bonds. The van der Waals surface area contributed by atoms with E-state index < -0.39 is 0 Å². The van der Waals surface area contributed by atoms with Gasteiger partial charge in [-0.15, -0.1) is 0 Å². The summed E-state index contributed by atoms with van der Waals surface area (Å²) in [6, 6.07) is 16.9. The number of aromatic nitrogens is 2. The number of hydrogen-bond donors (Lipinski definition) is 2. The molecule has 0 saturated heterocycles. The van der Waals surface area contributed by atoms with E-state index in [0.717, 1.165) is 28.6 Å². The molecule has 3 rings (SSSR count). The quantitative estimate of drug-likeness (QED) is 0.665. The molecule has 1 heterocycles. The van der Waals surface area contributed by atoms with Gasteiger partial charge in [-0.1, -0.05) is 0 Å². The third-order valence-corrected chi connectivity index (χ3v) is 4.34. The summed E-state index contributed by atoms with van der Waals surface area (Å²) in [6.07, 6.45) is 0. The van der Waals surface area contributed by atoms with Gasteiger partial charge in [0.05, 0.1) is 0 Å². The second kappa shape index (κ2) is 8.60. The Hall–Kier alpha value is -3.61. The highest BCUT2D eigenvalue weighted by Gasteiger charge is 2.08. The summed E-state index contributed by atoms with van der Waals surface area (Å²) < 4.78 is 0. The van der Waals surface area contributed by atoms with Crippen LogP contribution in [0.4, 0.5) is 28.8 Å². The van der Waals surface area contributed by atoms with Gasteiger partial charge in [0.1, 0.15) is 5.82 Å². The minimum atomic E-state index is -0.145. The predicted molar refractivity (Wildman–Crippen MR) is 120 cm³/mol. The van der Waals surface area contributed by atoms with Crippen LogP contribution < -0.4 is 20.4 Å². The molecule has 0 atom stereocenters. The lowest BCUT2D eigenvalue weighted by atomic mass is 10.2. The van der Waals surface area contributed by atoms with Gasteiger partial charge >= 0.3 is 0 Å². The second-order valence-electron chi connectivity index (χ2n) is 7.18. The number of anilines is 5. The van der Waals surface area contributed by atoms with Crippen LogP contribution in [0.25, 0.3) is 0 Å². The smallest absolute Gasteiger partial charge is 0.255 e. The number of carbonyl (C=O) groups excluding carboxylic acids is 1. The molecule has 0 fully saturated rings. The zero-order valence-corrected chi connectivity index (χ0v) is 17.4. The number of amides is 1. The van der Waals surface area contributed by atoms with Crippen molar-refractivity contribution in [2.45, 2.75) is 6.92 Å². The fraction of sp³-hybridized carbons (Fsp3) is 0.227. The number of carbonyl (C=O) groups is 1. The molecule has 0 aliphatic carbocycles. The average molecular weight is 390 g/mol. The first kappa shape index (κ1) is 20.1. The van der Waals surface area contributed by atoms with Gasteiger partial charge in [-0.2, -0.15) is 4.98 Å². The second-order valence-corrected chi connectivity index (χ2v) is 7.18. The van der Waals surface area contributed by atoms with Crippen molar-refractivity contribution in [2.75, 3.05) is 48.6 Å². The summed E-state index contributed by atoms with van der Waals surface area (Å²) in [5.74, 6) is 1.23. The Morgan fingerprint density at radius 3 is 2.03 bits per heavy atom. The van der Waals surface area contributed by atoms with Crippen LogP contribution in [0.3, 0.4) is 0 Å². The molecule has 3 aromatic rings. The zero-order chi connectivity index (χ0) is 21.0. The van der Waals surface area contributed by atoms with E-state index in [1.54, 1.807) is 0 Å². The van der Waals surface area contributed by atoms with Gasteiger partial charge in [0, 0.05) is 62.6 Å². The molecule has 0 unspecified atom stereocenters. The van der Waals surface area contributed by atoms with Crippen molar-refractivity contribution in [3.8, 4) is 0 Å². The molecule has 0 saturated carbocycles. The monoisotopic (exact) mass is 390 g/mol. The average Bonchev–Trinajstić information content (AvgIpc) is 2.69. The van der Waals surface area contributed by atoms with E-state index in [1.807, 2.05) is 99.5 Å². The van der Waals surface area contributed by atoms with Crippen LogP contribution in [0.5, 0.6) is 0 Å². The lowest BCUT2D eigenvalue weighted by Crippen LogP contribution is -2.13. The van der Waals surface area contributed by atoms with Gasteiger partial charge in [-0.05, 0) is 55.5 Å². The van der Waals surface area contributed by atoms with E-state index in [-0.39, 0.29) is 5.91 Å². The highest BCUT2D eigenvalue weighted by Crippen LogP contribution is 2.20. The predicted octanol–water partition coefficient (Wildman–Crippen LogP) is 3.91. The number of aryl methyl sites for hydroxylation is 1. The van der Waals surface area contributed by atoms with Crippen molar-refractivity contribution < 1.29 is 4.79 Å². The van der Waals surface area contributed by atoms with E-state index >= 15 is 0 Å². The molecule has 1 aromatic heterocycles. The molecule has 0 bridgehead atoms. The van der Waals surface area contributed by atoms with Crippen molar-refractivity contribution in [1.82, 2.24) is 9.97 Å². The van der Waals surface area contributed by atoms with Gasteiger partial charge in [-0.25, -0.2) is 4.98 Å². The molecular weight excluding hydrogens is 364 g/mol. The van der Waals surface area contributed by atoms with E-state index in [9.17, 15) is 4.79 Å². The Balaban J connectivity index is 1.66. The standard InChI is InChI=1S/C22H26N6O/c1-15-14-20(28(4)5)26-22(23-15)25-18-10-8-17(9-11-18)24-21(29)16-6-12-19(13-7-16)27(2)3/h6-14H,1-5H3,(H,24,29)(H,23,25,26). The normalized spacial score (nSPS) is 10.4. The first-order valence-corrected chi connectivity index (χ1v) is 9.30. The van der Waals surface area contributed by atoms with Crippen LogP contribution in [0, 0.1) is 6.92 Å². The summed E-state index contributed by atoms with van der Waals surface area (Å²) in [4.78, 5) is 25.3. The Morgan fingerprint density at radius 2 is 1.45 bits per heavy atom. The molecule has 7 nitrogen and oxygen atoms in total. The molecule has 150 valence electrons. The van der Waals surface area contributed by atoms with Crippen LogP contribution in [0.1, 0.15) is 16.1 Å². The Kier molecular flexibility index (Phi) is 5.97. The lowest BCUT2D eigenvalue weighted by Gasteiger charge is -2.14. The molecular formula is C22H26N6O. The first-order valence-electron chi connectivity index (χ1n) is 9.30. The largest absolute Gasteiger partial charge is 0.378 e. The van der Waals surface area contributed by atoms with Gasteiger partial charge in [-0.3, -0.25) is 4.79 Å². The van der Waals surface area contributed by atoms with E-state index in [4.69, 9.17) is 0 Å². The fourth-order valence-electron chi connectivity index (χ4n) is 2.72. The van der Waals surface area contributed by atoms with Crippen LogP contribution in [-0.4, -0.2) is 44.1 Å². The van der Waals surface area contributed by atoms with Gasteiger partial charge in [0.15, 0.2) is 0 Å². The van der Waals surface area contributed by atoms with Crippen LogP contribution >= 0.6 is 0 Å². The summed E-state index contributed by atoms with van der Waals surface area (Å²) in [5.41, 5.74) is 4.11. The summed E-state index contributed by atoms with van der Waals surface area (Å²) in [5, 5.41) is 6.12. The SMILES string of the molecule is Cc1cc(N(C)C)nc(Nc2ccc(NC(=O)c3ccc(N(C)C)cc3)cc2)n1. The molecule has 7 heteroatoms. The molecule has 29 heavy (non-hydrogen) atoms. The molecule has 0 aliphatic rings. The maximum absolute atomic E-state index is 12.4. The zero-order valence-electron chi connectivity index (χ0n) is 17.4. The lowest BCUT2D eigenvalue weighted by molar-refractivity contribution is 0.102. The van der Waals surface area contributed by atoms with Crippen molar-refractivity contribution in [3.05, 3.63) is 65.9 Å². The number of nitrogens with one attached hydrogen (secondary N) is 2. The van der Waals surface area contributed by atoms with E-state index in [0.29, 0.717) is 11.5 Å². The number of rotatable bonds is 6. The first-order chi connectivity index (χ1) is 13.8. The maximum atomic E-state index is 12.4. The third-order valence-electron chi connectivity index (χ3n) is 4.34. The van der Waals surface area contributed by atoms with Crippen molar-refractivity contribution >= 4 is 34.7 Å². The number of hydrogen-bond acceptors (Lipinski definition) is 6. The van der Waals surface area contributed by atoms with Crippen LogP contribution in [0.15, 0.2) is 54.6 Å². The van der Waals surface area contributed by atoms with E-state index in [2.05, 4.69) is 20.6 Å². The Labute approximate surface area is 171 Å². The minimum Gasteiger partial charge on any atom is -0.378 e. The third kappa shape index (κ3) is 5.22. The summed E-state index contributed by atoms with van der Waals surface area (Å²) in [7, 11) is 7.82. The maximum Gasteiger partial charge on any atom is 0.255 e. The number of nitrogens with zero attached hydrogens (tertiary/aromatic N) is 4. The van der Waals surface area contributed by atoms with Crippen LogP contribution in [0.2, 0.25) is 0 Å². The molecule has 2 N–H and O–H groups in total.